The number of aliphatic carboxylic acids is 1. The van der Waals surface area contributed by atoms with E-state index in [0.29, 0.717) is 17.5 Å². The predicted octanol–water partition coefficient (Wildman–Crippen LogP) is 3.56. The number of carboxylic acid groups (broad SMARTS) is 1. The summed E-state index contributed by atoms with van der Waals surface area (Å²) in [4.78, 5) is 11.8. The van der Waals surface area contributed by atoms with E-state index in [0.717, 1.165) is 18.4 Å². The lowest BCUT2D eigenvalue weighted by Gasteiger charge is -2.33. The normalized spacial score (nSPS) is 19.3. The third kappa shape index (κ3) is 2.93. The zero-order chi connectivity index (χ0) is 13.9. The van der Waals surface area contributed by atoms with Crippen LogP contribution < -0.4 is 5.32 Å². The van der Waals surface area contributed by atoms with E-state index in [1.165, 1.54) is 12.8 Å². The lowest BCUT2D eigenvalue weighted by Crippen LogP contribution is -2.52. The van der Waals surface area contributed by atoms with Crippen LogP contribution in [0, 0.1) is 0 Å². The maximum Gasteiger partial charge on any atom is 0.328 e. The summed E-state index contributed by atoms with van der Waals surface area (Å²) >= 11 is 5.89. The Kier molecular flexibility index (Phi) is 4.48. The fraction of sp³-hybridized carbons (Fsp3) is 0.533. The molecule has 1 aliphatic rings. The highest BCUT2D eigenvalue weighted by Gasteiger charge is 2.40. The Hall–Kier alpha value is -1.06. The van der Waals surface area contributed by atoms with Crippen molar-refractivity contribution < 1.29 is 9.90 Å². The average molecular weight is 282 g/mol. The number of halogens is 1. The molecule has 19 heavy (non-hydrogen) atoms. The van der Waals surface area contributed by atoms with Gasteiger partial charge in [-0.05, 0) is 37.0 Å². The molecule has 1 fully saturated rings. The van der Waals surface area contributed by atoms with E-state index in [-0.39, 0.29) is 0 Å². The molecule has 0 amide bonds. The smallest absolute Gasteiger partial charge is 0.328 e. The van der Waals surface area contributed by atoms with Gasteiger partial charge in [0.25, 0.3) is 0 Å². The summed E-state index contributed by atoms with van der Waals surface area (Å²) in [5, 5.41) is 13.7. The Morgan fingerprint density at radius 2 is 1.95 bits per heavy atom. The van der Waals surface area contributed by atoms with E-state index in [9.17, 15) is 9.90 Å². The summed E-state index contributed by atoms with van der Waals surface area (Å²) in [6.45, 7) is 1.91. The number of hydrogen-bond donors (Lipinski definition) is 2. The second kappa shape index (κ2) is 5.93. The van der Waals surface area contributed by atoms with E-state index in [1.54, 1.807) is 12.1 Å². The average Bonchev–Trinajstić information content (AvgIpc) is 2.89. The standard InChI is InChI=1S/C15H20ClNO2/c1-2-15(14(18)19,17-13-5-3-4-6-13)11-7-9-12(16)10-8-11/h7-10,13,17H,2-6H2,1H3,(H,18,19). The summed E-state index contributed by atoms with van der Waals surface area (Å²) in [6, 6.07) is 7.41. The molecule has 4 heteroatoms. The van der Waals surface area contributed by atoms with Gasteiger partial charge in [-0.25, -0.2) is 4.79 Å². The topological polar surface area (TPSA) is 49.3 Å². The van der Waals surface area contributed by atoms with Gasteiger partial charge in [-0.3, -0.25) is 5.32 Å². The van der Waals surface area contributed by atoms with Crippen molar-refractivity contribution in [3.05, 3.63) is 34.9 Å². The van der Waals surface area contributed by atoms with Gasteiger partial charge in [-0.2, -0.15) is 0 Å². The zero-order valence-corrected chi connectivity index (χ0v) is 11.9. The van der Waals surface area contributed by atoms with Crippen LogP contribution in [0.4, 0.5) is 0 Å². The highest BCUT2D eigenvalue weighted by atomic mass is 35.5. The van der Waals surface area contributed by atoms with Crippen molar-refractivity contribution in [2.75, 3.05) is 0 Å². The van der Waals surface area contributed by atoms with Crippen LogP contribution in [0.1, 0.15) is 44.6 Å². The van der Waals surface area contributed by atoms with Crippen molar-refractivity contribution in [2.24, 2.45) is 0 Å². The van der Waals surface area contributed by atoms with Gasteiger partial charge in [0.05, 0.1) is 0 Å². The van der Waals surface area contributed by atoms with Crippen LogP contribution in [-0.2, 0) is 10.3 Å². The molecule has 0 aromatic heterocycles. The maximum absolute atomic E-state index is 11.8. The quantitative estimate of drug-likeness (QED) is 0.867. The highest BCUT2D eigenvalue weighted by molar-refractivity contribution is 6.30. The molecule has 1 aromatic rings. The fourth-order valence-corrected chi connectivity index (χ4v) is 3.00. The number of carboxylic acids is 1. The van der Waals surface area contributed by atoms with Crippen molar-refractivity contribution in [2.45, 2.75) is 50.6 Å². The molecule has 0 spiro atoms. The predicted molar refractivity (Wildman–Crippen MR) is 76.4 cm³/mol. The fourth-order valence-electron chi connectivity index (χ4n) is 2.88. The van der Waals surface area contributed by atoms with E-state index in [4.69, 9.17) is 11.6 Å². The first-order valence-corrected chi connectivity index (χ1v) is 7.23. The third-order valence-corrected chi connectivity index (χ3v) is 4.29. The summed E-state index contributed by atoms with van der Waals surface area (Å²) in [7, 11) is 0. The van der Waals surface area contributed by atoms with E-state index in [1.807, 2.05) is 19.1 Å². The molecule has 0 saturated heterocycles. The van der Waals surface area contributed by atoms with E-state index < -0.39 is 11.5 Å². The van der Waals surface area contributed by atoms with E-state index >= 15 is 0 Å². The van der Waals surface area contributed by atoms with Gasteiger partial charge in [0, 0.05) is 11.1 Å². The molecule has 0 radical (unpaired) electrons. The lowest BCUT2D eigenvalue weighted by molar-refractivity contribution is -0.146. The monoisotopic (exact) mass is 281 g/mol. The van der Waals surface area contributed by atoms with Crippen LogP contribution in [0.3, 0.4) is 0 Å². The second-order valence-electron chi connectivity index (χ2n) is 5.20. The molecule has 1 unspecified atom stereocenters. The van der Waals surface area contributed by atoms with Gasteiger partial charge >= 0.3 is 5.97 Å². The van der Waals surface area contributed by atoms with Crippen molar-refractivity contribution in [3.63, 3.8) is 0 Å². The first-order chi connectivity index (χ1) is 9.08. The van der Waals surface area contributed by atoms with Crippen LogP contribution in [0.5, 0.6) is 0 Å². The molecule has 2 N–H and O–H groups in total. The van der Waals surface area contributed by atoms with Gasteiger partial charge in [0.15, 0.2) is 0 Å². The minimum absolute atomic E-state index is 0.298. The Morgan fingerprint density at radius 3 is 2.42 bits per heavy atom. The summed E-state index contributed by atoms with van der Waals surface area (Å²) < 4.78 is 0. The van der Waals surface area contributed by atoms with Gasteiger partial charge in [0.1, 0.15) is 5.54 Å². The molecule has 104 valence electrons. The molecule has 1 aromatic carbocycles. The number of rotatable bonds is 5. The van der Waals surface area contributed by atoms with Gasteiger partial charge in [-0.15, -0.1) is 0 Å². The SMILES string of the molecule is CCC(NC1CCCC1)(C(=O)O)c1ccc(Cl)cc1. The molecule has 0 bridgehead atoms. The van der Waals surface area contributed by atoms with Gasteiger partial charge in [-0.1, -0.05) is 43.5 Å². The highest BCUT2D eigenvalue weighted by Crippen LogP contribution is 2.30. The molecule has 2 rings (SSSR count). The lowest BCUT2D eigenvalue weighted by atomic mass is 9.86. The number of hydrogen-bond acceptors (Lipinski definition) is 2. The molecule has 3 nitrogen and oxygen atoms in total. The zero-order valence-electron chi connectivity index (χ0n) is 11.2. The number of benzene rings is 1. The third-order valence-electron chi connectivity index (χ3n) is 4.04. The van der Waals surface area contributed by atoms with Crippen LogP contribution in [0.2, 0.25) is 5.02 Å². The van der Waals surface area contributed by atoms with Crippen LogP contribution in [0.25, 0.3) is 0 Å². The molecular weight excluding hydrogens is 262 g/mol. The first kappa shape index (κ1) is 14.4. The van der Waals surface area contributed by atoms with Crippen molar-refractivity contribution in [3.8, 4) is 0 Å². The maximum atomic E-state index is 11.8. The Bertz CT molecular complexity index is 440. The van der Waals surface area contributed by atoms with Crippen molar-refractivity contribution in [1.29, 1.82) is 0 Å². The Morgan fingerprint density at radius 1 is 1.37 bits per heavy atom. The number of nitrogens with one attached hydrogen (secondary N) is 1. The summed E-state index contributed by atoms with van der Waals surface area (Å²) in [5.74, 6) is -0.816. The molecule has 0 aliphatic heterocycles. The van der Waals surface area contributed by atoms with Crippen molar-refractivity contribution in [1.82, 2.24) is 5.32 Å². The largest absolute Gasteiger partial charge is 0.480 e. The molecular formula is C15H20ClNO2. The van der Waals surface area contributed by atoms with Gasteiger partial charge in [0.2, 0.25) is 0 Å². The van der Waals surface area contributed by atoms with Crippen LogP contribution in [-0.4, -0.2) is 17.1 Å². The van der Waals surface area contributed by atoms with Crippen molar-refractivity contribution >= 4 is 17.6 Å². The Labute approximate surface area is 119 Å². The van der Waals surface area contributed by atoms with Gasteiger partial charge < -0.3 is 5.11 Å². The molecule has 1 saturated carbocycles. The molecule has 0 heterocycles. The first-order valence-electron chi connectivity index (χ1n) is 6.85. The van der Waals surface area contributed by atoms with Crippen LogP contribution in [0.15, 0.2) is 24.3 Å². The minimum Gasteiger partial charge on any atom is -0.480 e. The summed E-state index contributed by atoms with van der Waals surface area (Å²) in [5.41, 5.74) is -0.224. The summed E-state index contributed by atoms with van der Waals surface area (Å²) in [6.07, 6.45) is 4.99. The minimum atomic E-state index is -1.00. The van der Waals surface area contributed by atoms with Crippen LogP contribution >= 0.6 is 11.6 Å². The molecule has 1 atom stereocenters. The number of carbonyl (C=O) groups is 1. The Balaban J connectivity index is 2.32. The second-order valence-corrected chi connectivity index (χ2v) is 5.63. The van der Waals surface area contributed by atoms with E-state index in [2.05, 4.69) is 5.32 Å². The molecule has 1 aliphatic carbocycles.